The first-order valence-electron chi connectivity index (χ1n) is 4.93. The molecule has 0 aromatic heterocycles. The number of carbonyl (C=O) groups excluding carboxylic acids is 1. The van der Waals surface area contributed by atoms with Gasteiger partial charge in [-0.3, -0.25) is 4.79 Å². The number of Topliss-reactive ketones (excluding diaryl/α,β-unsaturated/α-hetero) is 1. The van der Waals surface area contributed by atoms with Gasteiger partial charge in [0.15, 0.2) is 5.78 Å². The zero-order chi connectivity index (χ0) is 11.4. The number of hydrogen-bond acceptors (Lipinski definition) is 2. The van der Waals surface area contributed by atoms with Crippen LogP contribution in [0.3, 0.4) is 0 Å². The fourth-order valence-electron chi connectivity index (χ4n) is 1.41. The Morgan fingerprint density at radius 1 is 1.47 bits per heavy atom. The minimum Gasteiger partial charge on any atom is -0.494 e. The second-order valence-corrected chi connectivity index (χ2v) is 3.92. The fourth-order valence-corrected chi connectivity index (χ4v) is 1.53. The van der Waals surface area contributed by atoms with Gasteiger partial charge in [0.25, 0.3) is 0 Å². The van der Waals surface area contributed by atoms with E-state index in [2.05, 4.69) is 0 Å². The highest BCUT2D eigenvalue weighted by Crippen LogP contribution is 2.26. The van der Waals surface area contributed by atoms with E-state index in [1.165, 1.54) is 6.92 Å². The van der Waals surface area contributed by atoms with Crippen LogP contribution in [0.1, 0.15) is 30.4 Å². The molecule has 1 aromatic rings. The molecule has 1 aromatic carbocycles. The summed E-state index contributed by atoms with van der Waals surface area (Å²) in [6, 6.07) is 5.65. The van der Waals surface area contributed by atoms with Crippen molar-refractivity contribution in [2.75, 3.05) is 6.61 Å². The van der Waals surface area contributed by atoms with Crippen LogP contribution in [0.2, 0.25) is 0 Å². The van der Waals surface area contributed by atoms with Crippen molar-refractivity contribution in [1.82, 2.24) is 0 Å². The van der Waals surface area contributed by atoms with Gasteiger partial charge in [-0.05, 0) is 44.0 Å². The maximum atomic E-state index is 11.2. The molecule has 0 aliphatic rings. The Morgan fingerprint density at radius 2 is 2.13 bits per heavy atom. The molecule has 82 valence electrons. The van der Waals surface area contributed by atoms with E-state index in [1.807, 2.05) is 32.0 Å². The largest absolute Gasteiger partial charge is 0.494 e. The molecule has 0 bridgehead atoms. The Bertz CT molecular complexity index is 361. The SMILES string of the molecule is CCOc1cc(C)cc(C(Cl)C(C)=O)c1. The van der Waals surface area contributed by atoms with Crippen LogP contribution in [-0.2, 0) is 4.79 Å². The molecule has 1 atom stereocenters. The lowest BCUT2D eigenvalue weighted by atomic mass is 10.1. The van der Waals surface area contributed by atoms with Crippen molar-refractivity contribution < 1.29 is 9.53 Å². The van der Waals surface area contributed by atoms with Crippen LogP contribution in [0.25, 0.3) is 0 Å². The molecule has 0 saturated heterocycles. The van der Waals surface area contributed by atoms with E-state index in [4.69, 9.17) is 16.3 Å². The van der Waals surface area contributed by atoms with Crippen LogP contribution in [-0.4, -0.2) is 12.4 Å². The molecule has 0 aliphatic heterocycles. The smallest absolute Gasteiger partial charge is 0.152 e. The van der Waals surface area contributed by atoms with Gasteiger partial charge >= 0.3 is 0 Å². The molecule has 2 nitrogen and oxygen atoms in total. The van der Waals surface area contributed by atoms with Gasteiger partial charge in [0.1, 0.15) is 11.1 Å². The number of rotatable bonds is 4. The molecule has 0 spiro atoms. The lowest BCUT2D eigenvalue weighted by Gasteiger charge is -2.10. The van der Waals surface area contributed by atoms with Crippen molar-refractivity contribution in [3.8, 4) is 5.75 Å². The van der Waals surface area contributed by atoms with E-state index >= 15 is 0 Å². The van der Waals surface area contributed by atoms with Gasteiger partial charge < -0.3 is 4.74 Å². The third-order valence-electron chi connectivity index (χ3n) is 2.03. The molecular formula is C12H15ClO2. The van der Waals surface area contributed by atoms with E-state index in [1.54, 1.807) is 0 Å². The average Bonchev–Trinajstić information content (AvgIpc) is 2.16. The van der Waals surface area contributed by atoms with Crippen LogP contribution in [0.4, 0.5) is 0 Å². The summed E-state index contributed by atoms with van der Waals surface area (Å²) in [6.07, 6.45) is 0. The molecule has 0 fully saturated rings. The number of ketones is 1. The quantitative estimate of drug-likeness (QED) is 0.737. The highest BCUT2D eigenvalue weighted by Gasteiger charge is 2.14. The van der Waals surface area contributed by atoms with E-state index in [-0.39, 0.29) is 5.78 Å². The van der Waals surface area contributed by atoms with Crippen molar-refractivity contribution in [3.05, 3.63) is 29.3 Å². The van der Waals surface area contributed by atoms with E-state index < -0.39 is 5.38 Å². The first-order valence-corrected chi connectivity index (χ1v) is 5.37. The highest BCUT2D eigenvalue weighted by molar-refractivity contribution is 6.30. The van der Waals surface area contributed by atoms with Gasteiger partial charge in [-0.1, -0.05) is 6.07 Å². The highest BCUT2D eigenvalue weighted by atomic mass is 35.5. The molecule has 1 unspecified atom stereocenters. The van der Waals surface area contributed by atoms with Crippen molar-refractivity contribution in [2.45, 2.75) is 26.1 Å². The van der Waals surface area contributed by atoms with Crippen molar-refractivity contribution in [2.24, 2.45) is 0 Å². The van der Waals surface area contributed by atoms with E-state index in [0.717, 1.165) is 16.9 Å². The molecule has 0 saturated carbocycles. The minimum atomic E-state index is -0.580. The van der Waals surface area contributed by atoms with Gasteiger partial charge in [0.05, 0.1) is 6.61 Å². The summed E-state index contributed by atoms with van der Waals surface area (Å²) in [7, 11) is 0. The first kappa shape index (κ1) is 12.1. The summed E-state index contributed by atoms with van der Waals surface area (Å²) in [5.41, 5.74) is 1.84. The lowest BCUT2D eigenvalue weighted by molar-refractivity contribution is -0.116. The lowest BCUT2D eigenvalue weighted by Crippen LogP contribution is -2.02. The van der Waals surface area contributed by atoms with Gasteiger partial charge in [-0.2, -0.15) is 0 Å². The molecule has 0 heterocycles. The summed E-state index contributed by atoms with van der Waals surface area (Å²) in [5.74, 6) is 0.712. The Morgan fingerprint density at radius 3 is 2.67 bits per heavy atom. The molecule has 1 rings (SSSR count). The molecule has 0 amide bonds. The number of hydrogen-bond donors (Lipinski definition) is 0. The number of ether oxygens (including phenoxy) is 1. The maximum Gasteiger partial charge on any atom is 0.152 e. The number of aryl methyl sites for hydroxylation is 1. The van der Waals surface area contributed by atoms with Crippen LogP contribution in [0.15, 0.2) is 18.2 Å². The second kappa shape index (κ2) is 5.17. The molecule has 3 heteroatoms. The van der Waals surface area contributed by atoms with Gasteiger partial charge in [0, 0.05) is 0 Å². The van der Waals surface area contributed by atoms with Gasteiger partial charge in [-0.15, -0.1) is 11.6 Å². The zero-order valence-electron chi connectivity index (χ0n) is 9.21. The predicted octanol–water partition coefficient (Wildman–Crippen LogP) is 3.26. The topological polar surface area (TPSA) is 26.3 Å². The van der Waals surface area contributed by atoms with Crippen molar-refractivity contribution >= 4 is 17.4 Å². The summed E-state index contributed by atoms with van der Waals surface area (Å²) in [4.78, 5) is 11.2. The summed E-state index contributed by atoms with van der Waals surface area (Å²) < 4.78 is 5.39. The third-order valence-corrected chi connectivity index (χ3v) is 2.59. The number of carbonyl (C=O) groups is 1. The van der Waals surface area contributed by atoms with E-state index in [0.29, 0.717) is 6.61 Å². The molecule has 15 heavy (non-hydrogen) atoms. The Labute approximate surface area is 95.2 Å². The molecular weight excluding hydrogens is 212 g/mol. The molecule has 0 aliphatic carbocycles. The first-order chi connectivity index (χ1) is 7.04. The maximum absolute atomic E-state index is 11.2. The van der Waals surface area contributed by atoms with Gasteiger partial charge in [-0.25, -0.2) is 0 Å². The van der Waals surface area contributed by atoms with Crippen LogP contribution in [0, 0.1) is 6.92 Å². The fraction of sp³-hybridized carbons (Fsp3) is 0.417. The summed E-state index contributed by atoms with van der Waals surface area (Å²) in [5, 5.41) is -0.580. The molecule has 0 N–H and O–H groups in total. The van der Waals surface area contributed by atoms with Crippen LogP contribution < -0.4 is 4.74 Å². The van der Waals surface area contributed by atoms with Crippen LogP contribution in [0.5, 0.6) is 5.75 Å². The zero-order valence-corrected chi connectivity index (χ0v) is 9.97. The number of alkyl halides is 1. The third kappa shape index (κ3) is 3.24. The second-order valence-electron chi connectivity index (χ2n) is 3.49. The normalized spacial score (nSPS) is 12.3. The summed E-state index contributed by atoms with van der Waals surface area (Å²) in [6.45, 7) is 5.97. The van der Waals surface area contributed by atoms with Crippen molar-refractivity contribution in [3.63, 3.8) is 0 Å². The predicted molar refractivity (Wildman–Crippen MR) is 61.6 cm³/mol. The van der Waals surface area contributed by atoms with Gasteiger partial charge in [0.2, 0.25) is 0 Å². The number of halogens is 1. The Kier molecular flexibility index (Phi) is 4.15. The standard InChI is InChI=1S/C12H15ClO2/c1-4-15-11-6-8(2)5-10(7-11)12(13)9(3)14/h5-7,12H,4H2,1-3H3. The Balaban J connectivity index is 3.02. The van der Waals surface area contributed by atoms with Crippen molar-refractivity contribution in [1.29, 1.82) is 0 Å². The summed E-state index contributed by atoms with van der Waals surface area (Å²) >= 11 is 5.98. The average molecular weight is 227 g/mol. The minimum absolute atomic E-state index is 0.0512. The number of benzene rings is 1. The Hall–Kier alpha value is -1.02. The molecule has 0 radical (unpaired) electrons. The van der Waals surface area contributed by atoms with E-state index in [9.17, 15) is 4.79 Å². The monoisotopic (exact) mass is 226 g/mol. The van der Waals surface area contributed by atoms with Crippen LogP contribution >= 0.6 is 11.6 Å².